The summed E-state index contributed by atoms with van der Waals surface area (Å²) >= 11 is 5.18. The number of rotatable bonds is 2. The molecule has 0 aliphatic carbocycles. The number of hydrogen-bond acceptors (Lipinski definition) is 3. The third-order valence-electron chi connectivity index (χ3n) is 3.51. The highest BCUT2D eigenvalue weighted by atomic mass is 32.1. The standard InChI is InChI=1S/C18H16N4OS/c1-12-6-2-4-8-14(12)20-18(24)22-21-17(23)16-11-10-13-7-3-5-9-15(13)19-16/h2-11H,1H3,(H,21,23)(H2,20,22,24). The van der Waals surface area contributed by atoms with Gasteiger partial charge in [0.2, 0.25) is 0 Å². The quantitative estimate of drug-likeness (QED) is 0.495. The first-order valence-electron chi connectivity index (χ1n) is 7.42. The summed E-state index contributed by atoms with van der Waals surface area (Å²) in [4.78, 5) is 16.5. The Morgan fingerprint density at radius 1 is 0.958 bits per heavy atom. The molecular formula is C18H16N4OS. The van der Waals surface area contributed by atoms with Gasteiger partial charge in [-0.3, -0.25) is 15.6 Å². The zero-order valence-electron chi connectivity index (χ0n) is 13.0. The second-order valence-corrected chi connectivity index (χ2v) is 5.65. The van der Waals surface area contributed by atoms with Crippen molar-refractivity contribution in [3.63, 3.8) is 0 Å². The van der Waals surface area contributed by atoms with Crippen LogP contribution in [0.4, 0.5) is 5.69 Å². The Balaban J connectivity index is 1.62. The van der Waals surface area contributed by atoms with E-state index in [9.17, 15) is 4.79 Å². The van der Waals surface area contributed by atoms with Gasteiger partial charge in [-0.1, -0.05) is 42.5 Å². The molecule has 0 saturated carbocycles. The van der Waals surface area contributed by atoms with Crippen molar-refractivity contribution in [2.24, 2.45) is 0 Å². The van der Waals surface area contributed by atoms with Crippen LogP contribution in [0, 0.1) is 6.92 Å². The summed E-state index contributed by atoms with van der Waals surface area (Å²) in [6.07, 6.45) is 0. The summed E-state index contributed by atoms with van der Waals surface area (Å²) in [5.41, 5.74) is 8.26. The van der Waals surface area contributed by atoms with Crippen LogP contribution < -0.4 is 16.2 Å². The molecule has 120 valence electrons. The van der Waals surface area contributed by atoms with Gasteiger partial charge in [-0.05, 0) is 42.9 Å². The first kappa shape index (κ1) is 15.9. The van der Waals surface area contributed by atoms with Crippen molar-refractivity contribution in [1.82, 2.24) is 15.8 Å². The second-order valence-electron chi connectivity index (χ2n) is 5.24. The molecule has 0 bridgehead atoms. The van der Waals surface area contributed by atoms with E-state index in [1.165, 1.54) is 0 Å². The fourth-order valence-electron chi connectivity index (χ4n) is 2.24. The van der Waals surface area contributed by atoms with Gasteiger partial charge in [0.1, 0.15) is 5.69 Å². The molecule has 0 atom stereocenters. The van der Waals surface area contributed by atoms with E-state index in [4.69, 9.17) is 12.2 Å². The van der Waals surface area contributed by atoms with Crippen molar-refractivity contribution in [3.05, 3.63) is 71.9 Å². The van der Waals surface area contributed by atoms with Crippen LogP contribution in [0.1, 0.15) is 16.1 Å². The number of benzene rings is 2. The lowest BCUT2D eigenvalue weighted by Gasteiger charge is -2.13. The minimum atomic E-state index is -0.352. The van der Waals surface area contributed by atoms with Crippen LogP contribution in [0.25, 0.3) is 10.9 Å². The molecule has 0 radical (unpaired) electrons. The number of pyridine rings is 1. The molecule has 3 aromatic rings. The molecule has 1 aromatic heterocycles. The van der Waals surface area contributed by atoms with Gasteiger partial charge in [0.15, 0.2) is 5.11 Å². The predicted octanol–water partition coefficient (Wildman–Crippen LogP) is 3.17. The first-order chi connectivity index (χ1) is 11.6. The van der Waals surface area contributed by atoms with Crippen molar-refractivity contribution in [3.8, 4) is 0 Å². The van der Waals surface area contributed by atoms with Crippen LogP contribution in [0.15, 0.2) is 60.7 Å². The Morgan fingerprint density at radius 2 is 1.71 bits per heavy atom. The van der Waals surface area contributed by atoms with Crippen LogP contribution in [0.5, 0.6) is 0 Å². The third kappa shape index (κ3) is 3.67. The maximum absolute atomic E-state index is 12.2. The number of para-hydroxylation sites is 2. The monoisotopic (exact) mass is 336 g/mol. The van der Waals surface area contributed by atoms with Gasteiger partial charge in [0.05, 0.1) is 5.52 Å². The van der Waals surface area contributed by atoms with Crippen LogP contribution in [-0.4, -0.2) is 16.0 Å². The fourth-order valence-corrected chi connectivity index (χ4v) is 2.40. The molecule has 0 saturated heterocycles. The van der Waals surface area contributed by atoms with E-state index in [2.05, 4.69) is 21.2 Å². The minimum absolute atomic E-state index is 0.304. The van der Waals surface area contributed by atoms with E-state index in [-0.39, 0.29) is 5.91 Å². The summed E-state index contributed by atoms with van der Waals surface area (Å²) in [7, 11) is 0. The predicted molar refractivity (Wildman–Crippen MR) is 99.7 cm³/mol. The fraction of sp³-hybridized carbons (Fsp3) is 0.0556. The number of aryl methyl sites for hydroxylation is 1. The molecule has 0 fully saturated rings. The summed E-state index contributed by atoms with van der Waals surface area (Å²) < 4.78 is 0. The minimum Gasteiger partial charge on any atom is -0.331 e. The van der Waals surface area contributed by atoms with Gasteiger partial charge in [-0.15, -0.1) is 0 Å². The maximum Gasteiger partial charge on any atom is 0.288 e. The molecular weight excluding hydrogens is 320 g/mol. The molecule has 0 aliphatic rings. The Morgan fingerprint density at radius 3 is 2.54 bits per heavy atom. The molecule has 1 heterocycles. The van der Waals surface area contributed by atoms with Gasteiger partial charge < -0.3 is 5.32 Å². The van der Waals surface area contributed by atoms with E-state index in [0.29, 0.717) is 10.8 Å². The maximum atomic E-state index is 12.2. The zero-order valence-corrected chi connectivity index (χ0v) is 13.9. The highest BCUT2D eigenvalue weighted by molar-refractivity contribution is 7.80. The van der Waals surface area contributed by atoms with E-state index in [1.54, 1.807) is 6.07 Å². The number of nitrogens with one attached hydrogen (secondary N) is 3. The number of anilines is 1. The van der Waals surface area contributed by atoms with Crippen LogP contribution in [0.3, 0.4) is 0 Å². The van der Waals surface area contributed by atoms with E-state index >= 15 is 0 Å². The molecule has 2 aromatic carbocycles. The van der Waals surface area contributed by atoms with Crippen molar-refractivity contribution < 1.29 is 4.79 Å². The molecule has 5 nitrogen and oxygen atoms in total. The number of nitrogens with zero attached hydrogens (tertiary/aromatic N) is 1. The van der Waals surface area contributed by atoms with E-state index in [1.807, 2.05) is 61.5 Å². The summed E-state index contributed by atoms with van der Waals surface area (Å²) in [5.74, 6) is -0.352. The number of carbonyl (C=O) groups excluding carboxylic acids is 1. The first-order valence-corrected chi connectivity index (χ1v) is 7.83. The number of fused-ring (bicyclic) bond motifs is 1. The topological polar surface area (TPSA) is 66.0 Å². The zero-order chi connectivity index (χ0) is 16.9. The van der Waals surface area contributed by atoms with E-state index < -0.39 is 0 Å². The van der Waals surface area contributed by atoms with Crippen LogP contribution >= 0.6 is 12.2 Å². The Kier molecular flexibility index (Phi) is 4.67. The molecule has 1 amide bonds. The second kappa shape index (κ2) is 7.06. The third-order valence-corrected chi connectivity index (χ3v) is 3.72. The number of aromatic nitrogens is 1. The van der Waals surface area contributed by atoms with Crippen molar-refractivity contribution >= 4 is 39.8 Å². The van der Waals surface area contributed by atoms with Crippen LogP contribution in [-0.2, 0) is 0 Å². The lowest BCUT2D eigenvalue weighted by atomic mass is 10.2. The Labute approximate surface area is 145 Å². The molecule has 0 unspecified atom stereocenters. The molecule has 3 rings (SSSR count). The normalized spacial score (nSPS) is 10.2. The molecule has 0 aliphatic heterocycles. The van der Waals surface area contributed by atoms with E-state index in [0.717, 1.165) is 22.2 Å². The lowest BCUT2D eigenvalue weighted by Crippen LogP contribution is -2.44. The summed E-state index contributed by atoms with van der Waals surface area (Å²) in [6.45, 7) is 1.97. The highest BCUT2D eigenvalue weighted by Gasteiger charge is 2.08. The Hall–Kier alpha value is -2.99. The van der Waals surface area contributed by atoms with Crippen molar-refractivity contribution in [2.75, 3.05) is 5.32 Å². The molecule has 6 heteroatoms. The van der Waals surface area contributed by atoms with Gasteiger partial charge >= 0.3 is 0 Å². The number of carbonyl (C=O) groups is 1. The lowest BCUT2D eigenvalue weighted by molar-refractivity contribution is 0.0939. The van der Waals surface area contributed by atoms with Crippen LogP contribution in [0.2, 0.25) is 0 Å². The summed E-state index contributed by atoms with van der Waals surface area (Å²) in [5, 5.41) is 4.32. The van der Waals surface area contributed by atoms with Gasteiger partial charge in [0, 0.05) is 11.1 Å². The Bertz CT molecular complexity index is 910. The highest BCUT2D eigenvalue weighted by Crippen LogP contribution is 2.13. The average molecular weight is 336 g/mol. The van der Waals surface area contributed by atoms with Gasteiger partial charge in [0.25, 0.3) is 5.91 Å². The molecule has 0 spiro atoms. The number of thiocarbonyl (C=S) groups is 1. The largest absolute Gasteiger partial charge is 0.331 e. The number of hydrogen-bond donors (Lipinski definition) is 3. The molecule has 24 heavy (non-hydrogen) atoms. The van der Waals surface area contributed by atoms with Gasteiger partial charge in [-0.2, -0.15) is 0 Å². The average Bonchev–Trinajstić information content (AvgIpc) is 2.61. The smallest absolute Gasteiger partial charge is 0.288 e. The van der Waals surface area contributed by atoms with Crippen molar-refractivity contribution in [2.45, 2.75) is 6.92 Å². The SMILES string of the molecule is Cc1ccccc1NC(=S)NNC(=O)c1ccc2ccccc2n1. The molecule has 3 N–H and O–H groups in total. The van der Waals surface area contributed by atoms with Gasteiger partial charge in [-0.25, -0.2) is 4.98 Å². The summed E-state index contributed by atoms with van der Waals surface area (Å²) in [6, 6.07) is 18.9. The number of hydrazine groups is 1. The van der Waals surface area contributed by atoms with Crippen molar-refractivity contribution in [1.29, 1.82) is 0 Å². The number of amides is 1.